The Morgan fingerprint density at radius 1 is 1.28 bits per heavy atom. The summed E-state index contributed by atoms with van der Waals surface area (Å²) in [6.07, 6.45) is 0. The van der Waals surface area contributed by atoms with E-state index in [1.54, 1.807) is 12.1 Å². The highest BCUT2D eigenvalue weighted by molar-refractivity contribution is 5.87. The summed E-state index contributed by atoms with van der Waals surface area (Å²) >= 11 is 0. The topological polar surface area (TPSA) is 104 Å². The molecule has 1 aromatic rings. The van der Waals surface area contributed by atoms with Gasteiger partial charge in [0.2, 0.25) is 0 Å². The van der Waals surface area contributed by atoms with Gasteiger partial charge in [0, 0.05) is 19.6 Å². The van der Waals surface area contributed by atoms with Gasteiger partial charge in [-0.3, -0.25) is 0 Å². The van der Waals surface area contributed by atoms with E-state index in [1.165, 1.54) is 12.1 Å². The number of carbonyl (C=O) groups is 2. The third-order valence-electron chi connectivity index (χ3n) is 2.06. The molecule has 0 saturated heterocycles. The Balaban J connectivity index is 0.00000289. The lowest BCUT2D eigenvalue weighted by atomic mass is 10.1. The van der Waals surface area contributed by atoms with Crippen LogP contribution in [-0.4, -0.2) is 30.2 Å². The molecule has 0 aliphatic heterocycles. The van der Waals surface area contributed by atoms with E-state index in [0.29, 0.717) is 13.1 Å². The summed E-state index contributed by atoms with van der Waals surface area (Å²) < 4.78 is 0. The fraction of sp³-hybridized carbons (Fsp3) is 0.273. The molecule has 5 N–H and O–H groups in total. The zero-order valence-electron chi connectivity index (χ0n) is 9.68. The second kappa shape index (κ2) is 8.32. The molecule has 0 unspecified atom stereocenters. The van der Waals surface area contributed by atoms with Crippen LogP contribution in [0.1, 0.15) is 15.9 Å². The molecule has 0 heterocycles. The zero-order chi connectivity index (χ0) is 12.7. The molecule has 1 aromatic carbocycles. The van der Waals surface area contributed by atoms with E-state index in [2.05, 4.69) is 10.6 Å². The number of nitrogens with one attached hydrogen (secondary N) is 2. The number of urea groups is 1. The molecule has 1 rings (SSSR count). The molecule has 0 saturated carbocycles. The van der Waals surface area contributed by atoms with Crippen LogP contribution in [0.5, 0.6) is 0 Å². The third kappa shape index (κ3) is 5.51. The number of hydrogen-bond donors (Lipinski definition) is 4. The van der Waals surface area contributed by atoms with Crippen LogP contribution in [0, 0.1) is 0 Å². The van der Waals surface area contributed by atoms with E-state index in [-0.39, 0.29) is 30.5 Å². The second-order valence-electron chi connectivity index (χ2n) is 3.40. The molecule has 2 amide bonds. The number of amides is 2. The molecule has 0 aromatic heterocycles. The maximum atomic E-state index is 11.2. The molecule has 0 spiro atoms. The summed E-state index contributed by atoms with van der Waals surface area (Å²) in [7, 11) is 0. The summed E-state index contributed by atoms with van der Waals surface area (Å²) in [5.41, 5.74) is 6.16. The Bertz CT molecular complexity index is 412. The van der Waals surface area contributed by atoms with Crippen molar-refractivity contribution in [3.8, 4) is 0 Å². The number of rotatable bonds is 5. The first kappa shape index (κ1) is 16.2. The van der Waals surface area contributed by atoms with E-state index in [4.69, 9.17) is 10.8 Å². The standard InChI is InChI=1S/C11H15N3O3.ClH/c12-4-5-13-11(17)14-7-8-2-1-3-9(6-8)10(15)16;/h1-3,6H,4-5,7,12H2,(H,15,16)(H2,13,14,17);1H. The van der Waals surface area contributed by atoms with Crippen molar-refractivity contribution in [2.24, 2.45) is 5.73 Å². The quantitative estimate of drug-likeness (QED) is 0.629. The fourth-order valence-corrected chi connectivity index (χ4v) is 1.24. The lowest BCUT2D eigenvalue weighted by Crippen LogP contribution is -2.37. The normalized spacial score (nSPS) is 9.17. The Morgan fingerprint density at radius 2 is 2.00 bits per heavy atom. The van der Waals surface area contributed by atoms with E-state index in [9.17, 15) is 9.59 Å². The van der Waals surface area contributed by atoms with Crippen molar-refractivity contribution in [1.29, 1.82) is 0 Å². The molecule has 6 nitrogen and oxygen atoms in total. The largest absolute Gasteiger partial charge is 0.478 e. The van der Waals surface area contributed by atoms with Gasteiger partial charge >= 0.3 is 12.0 Å². The number of carbonyl (C=O) groups excluding carboxylic acids is 1. The summed E-state index contributed by atoms with van der Waals surface area (Å²) in [5, 5.41) is 13.9. The summed E-state index contributed by atoms with van der Waals surface area (Å²) in [4.78, 5) is 21.9. The molecule has 18 heavy (non-hydrogen) atoms. The van der Waals surface area contributed by atoms with Crippen molar-refractivity contribution in [1.82, 2.24) is 10.6 Å². The molecule has 7 heteroatoms. The number of halogens is 1. The van der Waals surface area contributed by atoms with Crippen molar-refractivity contribution in [2.75, 3.05) is 13.1 Å². The summed E-state index contributed by atoms with van der Waals surface area (Å²) in [6, 6.07) is 6.08. The minimum Gasteiger partial charge on any atom is -0.478 e. The Kier molecular flexibility index (Phi) is 7.50. The second-order valence-corrected chi connectivity index (χ2v) is 3.40. The Hall–Kier alpha value is -1.79. The Morgan fingerprint density at radius 3 is 2.61 bits per heavy atom. The molecular formula is C11H16ClN3O3. The van der Waals surface area contributed by atoms with Crippen molar-refractivity contribution < 1.29 is 14.7 Å². The van der Waals surface area contributed by atoms with Crippen molar-refractivity contribution >= 4 is 24.4 Å². The molecule has 0 bridgehead atoms. The Labute approximate surface area is 111 Å². The van der Waals surface area contributed by atoms with Crippen molar-refractivity contribution in [2.45, 2.75) is 6.54 Å². The highest BCUT2D eigenvalue weighted by atomic mass is 35.5. The highest BCUT2D eigenvalue weighted by Gasteiger charge is 2.04. The predicted octanol–water partition coefficient (Wildman–Crippen LogP) is 0.564. The van der Waals surface area contributed by atoms with Crippen molar-refractivity contribution in [3.05, 3.63) is 35.4 Å². The average Bonchev–Trinajstić information content (AvgIpc) is 2.34. The van der Waals surface area contributed by atoms with E-state index in [0.717, 1.165) is 5.56 Å². The molecule has 0 aliphatic carbocycles. The van der Waals surface area contributed by atoms with Gasteiger partial charge in [0.25, 0.3) is 0 Å². The molecule has 100 valence electrons. The SMILES string of the molecule is Cl.NCCNC(=O)NCc1cccc(C(=O)O)c1. The van der Waals surface area contributed by atoms with Crippen molar-refractivity contribution in [3.63, 3.8) is 0 Å². The number of carboxylic acid groups (broad SMARTS) is 1. The number of hydrogen-bond acceptors (Lipinski definition) is 3. The lowest BCUT2D eigenvalue weighted by Gasteiger charge is -2.07. The van der Waals surface area contributed by atoms with Gasteiger partial charge in [-0.25, -0.2) is 9.59 Å². The molecule has 0 radical (unpaired) electrons. The monoisotopic (exact) mass is 273 g/mol. The number of aromatic carboxylic acids is 1. The fourth-order valence-electron chi connectivity index (χ4n) is 1.24. The number of benzene rings is 1. The first-order chi connectivity index (χ1) is 8.13. The summed E-state index contributed by atoms with van der Waals surface area (Å²) in [5.74, 6) is -0.987. The zero-order valence-corrected chi connectivity index (χ0v) is 10.5. The van der Waals surface area contributed by atoms with E-state index in [1.807, 2.05) is 0 Å². The smallest absolute Gasteiger partial charge is 0.335 e. The van der Waals surface area contributed by atoms with Crippen LogP contribution in [0.3, 0.4) is 0 Å². The predicted molar refractivity (Wildman–Crippen MR) is 69.9 cm³/mol. The molecule has 0 aliphatic rings. The molecule has 0 atom stereocenters. The van der Waals surface area contributed by atoms with E-state index >= 15 is 0 Å². The number of nitrogens with two attached hydrogens (primary N) is 1. The van der Waals surface area contributed by atoms with Crippen LogP contribution in [-0.2, 0) is 6.54 Å². The molecular weight excluding hydrogens is 258 g/mol. The highest BCUT2D eigenvalue weighted by Crippen LogP contribution is 2.04. The number of carboxylic acids is 1. The molecule has 0 fully saturated rings. The van der Waals surface area contributed by atoms with Gasteiger partial charge in [-0.2, -0.15) is 0 Å². The van der Waals surface area contributed by atoms with Crippen LogP contribution in [0.2, 0.25) is 0 Å². The minimum absolute atomic E-state index is 0. The van der Waals surface area contributed by atoms with Crippen LogP contribution in [0.25, 0.3) is 0 Å². The maximum absolute atomic E-state index is 11.2. The van der Waals surface area contributed by atoms with Gasteiger partial charge in [-0.15, -0.1) is 12.4 Å². The first-order valence-electron chi connectivity index (χ1n) is 5.17. The van der Waals surface area contributed by atoms with Gasteiger partial charge in [-0.05, 0) is 17.7 Å². The first-order valence-corrected chi connectivity index (χ1v) is 5.17. The van der Waals surface area contributed by atoms with Gasteiger partial charge in [0.1, 0.15) is 0 Å². The van der Waals surface area contributed by atoms with Gasteiger partial charge in [0.05, 0.1) is 5.56 Å². The van der Waals surface area contributed by atoms with Crippen LogP contribution in [0.4, 0.5) is 4.79 Å². The van der Waals surface area contributed by atoms with Gasteiger partial charge in [0.15, 0.2) is 0 Å². The van der Waals surface area contributed by atoms with Crippen LogP contribution in [0.15, 0.2) is 24.3 Å². The maximum Gasteiger partial charge on any atom is 0.335 e. The van der Waals surface area contributed by atoms with Crippen LogP contribution < -0.4 is 16.4 Å². The van der Waals surface area contributed by atoms with Crippen LogP contribution >= 0.6 is 12.4 Å². The van der Waals surface area contributed by atoms with Gasteiger partial charge in [-0.1, -0.05) is 12.1 Å². The van der Waals surface area contributed by atoms with Gasteiger partial charge < -0.3 is 21.5 Å². The average molecular weight is 274 g/mol. The minimum atomic E-state index is -0.987. The lowest BCUT2D eigenvalue weighted by molar-refractivity contribution is 0.0696. The summed E-state index contributed by atoms with van der Waals surface area (Å²) in [6.45, 7) is 1.06. The van der Waals surface area contributed by atoms with E-state index < -0.39 is 5.97 Å². The third-order valence-corrected chi connectivity index (χ3v) is 2.06.